The van der Waals surface area contributed by atoms with Gasteiger partial charge in [0.1, 0.15) is 0 Å². The van der Waals surface area contributed by atoms with Gasteiger partial charge in [-0.15, -0.1) is 12.4 Å². The molecule has 2 aromatic rings. The zero-order valence-corrected chi connectivity index (χ0v) is 12.3. The van der Waals surface area contributed by atoms with E-state index >= 15 is 0 Å². The molecule has 1 unspecified atom stereocenters. The van der Waals surface area contributed by atoms with E-state index in [1.54, 1.807) is 0 Å². The van der Waals surface area contributed by atoms with Crippen molar-refractivity contribution in [2.75, 3.05) is 19.6 Å². The average Bonchev–Trinajstić information content (AvgIpc) is 2.86. The fraction of sp³-hybridized carbons (Fsp3) is 0.429. The summed E-state index contributed by atoms with van der Waals surface area (Å²) in [5.74, 6) is 0.924. The van der Waals surface area contributed by atoms with Crippen molar-refractivity contribution >= 4 is 12.4 Å². The van der Waals surface area contributed by atoms with Gasteiger partial charge in [-0.3, -0.25) is 9.88 Å². The van der Waals surface area contributed by atoms with Gasteiger partial charge in [0, 0.05) is 44.1 Å². The lowest BCUT2D eigenvalue weighted by Crippen LogP contribution is -2.45. The maximum atomic E-state index is 5.32. The number of piperazine rings is 1. The van der Waals surface area contributed by atoms with Gasteiger partial charge >= 0.3 is 0 Å². The van der Waals surface area contributed by atoms with Crippen molar-refractivity contribution in [1.29, 1.82) is 0 Å². The summed E-state index contributed by atoms with van der Waals surface area (Å²) in [4.78, 5) is 6.63. The second-order valence-electron chi connectivity index (χ2n) is 4.91. The Bertz CT molecular complexity index is 531. The van der Waals surface area contributed by atoms with Crippen LogP contribution in [0.15, 0.2) is 35.1 Å². The molecule has 108 valence electrons. The average molecular weight is 295 g/mol. The molecular weight excluding hydrogens is 276 g/mol. The maximum Gasteiger partial charge on any atom is 0.150 e. The number of hydrogen-bond donors (Lipinski definition) is 1. The highest BCUT2D eigenvalue weighted by molar-refractivity contribution is 5.85. The molecule has 1 atom stereocenters. The van der Waals surface area contributed by atoms with Crippen molar-refractivity contribution in [1.82, 2.24) is 20.4 Å². The fourth-order valence-electron chi connectivity index (χ4n) is 2.53. The summed E-state index contributed by atoms with van der Waals surface area (Å²) in [6.45, 7) is 5.69. The third kappa shape index (κ3) is 3.36. The first-order valence-electron chi connectivity index (χ1n) is 6.60. The van der Waals surface area contributed by atoms with Crippen LogP contribution in [0.4, 0.5) is 0 Å². The molecule has 0 aromatic carbocycles. The Labute approximate surface area is 124 Å². The van der Waals surface area contributed by atoms with Gasteiger partial charge in [-0.25, -0.2) is 0 Å². The van der Waals surface area contributed by atoms with E-state index in [4.69, 9.17) is 4.52 Å². The number of rotatable bonds is 3. The van der Waals surface area contributed by atoms with Crippen molar-refractivity contribution in [3.8, 4) is 0 Å². The normalized spacial score (nSPS) is 19.6. The molecule has 3 heterocycles. The van der Waals surface area contributed by atoms with Crippen molar-refractivity contribution in [3.63, 3.8) is 0 Å². The molecule has 0 radical (unpaired) electrons. The molecule has 0 saturated carbocycles. The number of aromatic nitrogens is 2. The summed E-state index contributed by atoms with van der Waals surface area (Å²) in [5.41, 5.74) is 2.17. The van der Waals surface area contributed by atoms with Crippen molar-refractivity contribution in [2.45, 2.75) is 19.5 Å². The summed E-state index contributed by atoms with van der Waals surface area (Å²) >= 11 is 0. The third-order valence-corrected chi connectivity index (χ3v) is 3.46. The second kappa shape index (κ2) is 6.83. The van der Waals surface area contributed by atoms with Gasteiger partial charge in [0.2, 0.25) is 0 Å². The molecule has 0 bridgehead atoms. The van der Waals surface area contributed by atoms with Crippen LogP contribution in [0, 0.1) is 6.92 Å². The van der Waals surface area contributed by atoms with Gasteiger partial charge < -0.3 is 9.84 Å². The molecule has 3 rings (SSSR count). The zero-order chi connectivity index (χ0) is 13.1. The van der Waals surface area contributed by atoms with Gasteiger partial charge in [-0.05, 0) is 18.6 Å². The van der Waals surface area contributed by atoms with Crippen LogP contribution in [0.5, 0.6) is 0 Å². The molecule has 0 spiro atoms. The molecule has 2 aromatic heterocycles. The van der Waals surface area contributed by atoms with E-state index in [1.165, 1.54) is 5.56 Å². The number of nitrogens with one attached hydrogen (secondary N) is 1. The number of aryl methyl sites for hydroxylation is 1. The summed E-state index contributed by atoms with van der Waals surface area (Å²) in [6, 6.07) is 6.46. The first-order chi connectivity index (χ1) is 9.33. The van der Waals surface area contributed by atoms with Crippen LogP contribution in [0.1, 0.15) is 23.1 Å². The lowest BCUT2D eigenvalue weighted by Gasteiger charge is -2.35. The number of nitrogens with zero attached hydrogens (tertiary/aromatic N) is 3. The van der Waals surface area contributed by atoms with E-state index in [0.29, 0.717) is 6.04 Å². The molecule has 0 amide bonds. The van der Waals surface area contributed by atoms with Crippen molar-refractivity contribution in [2.24, 2.45) is 0 Å². The first kappa shape index (κ1) is 15.0. The van der Waals surface area contributed by atoms with Gasteiger partial charge in [-0.2, -0.15) is 0 Å². The standard InChI is InChI=1S/C14H18N4O.ClH/c1-11-7-13(19-17-11)10-18-6-5-16-9-14(18)12-3-2-4-15-8-12;/h2-4,7-8,14,16H,5-6,9-10H2,1H3;1H. The van der Waals surface area contributed by atoms with E-state index < -0.39 is 0 Å². The predicted molar refractivity (Wildman–Crippen MR) is 78.7 cm³/mol. The number of hydrogen-bond acceptors (Lipinski definition) is 5. The second-order valence-corrected chi connectivity index (χ2v) is 4.91. The van der Waals surface area contributed by atoms with Crippen LogP contribution in [-0.4, -0.2) is 34.7 Å². The fourth-order valence-corrected chi connectivity index (χ4v) is 2.53. The summed E-state index contributed by atoms with van der Waals surface area (Å²) < 4.78 is 5.32. The van der Waals surface area contributed by atoms with Gasteiger partial charge in [-0.1, -0.05) is 11.2 Å². The highest BCUT2D eigenvalue weighted by Gasteiger charge is 2.24. The minimum Gasteiger partial charge on any atom is -0.360 e. The molecule has 5 nitrogen and oxygen atoms in total. The monoisotopic (exact) mass is 294 g/mol. The molecular formula is C14H19ClN4O. The first-order valence-corrected chi connectivity index (χ1v) is 6.60. The quantitative estimate of drug-likeness (QED) is 0.938. The van der Waals surface area contributed by atoms with Crippen LogP contribution in [0.2, 0.25) is 0 Å². The highest BCUT2D eigenvalue weighted by Crippen LogP contribution is 2.23. The minimum absolute atomic E-state index is 0. The predicted octanol–water partition coefficient (Wildman–Crippen LogP) is 1.95. The van der Waals surface area contributed by atoms with Crippen LogP contribution < -0.4 is 5.32 Å². The molecule has 20 heavy (non-hydrogen) atoms. The SMILES string of the molecule is Cc1cc(CN2CCNCC2c2cccnc2)on1.Cl. The summed E-state index contributed by atoms with van der Waals surface area (Å²) in [6.07, 6.45) is 3.75. The molecule has 6 heteroatoms. The van der Waals surface area contributed by atoms with Gasteiger partial charge in [0.15, 0.2) is 5.76 Å². The van der Waals surface area contributed by atoms with E-state index in [0.717, 1.165) is 37.6 Å². The zero-order valence-electron chi connectivity index (χ0n) is 11.5. The molecule has 1 aliphatic heterocycles. The molecule has 1 fully saturated rings. The Hall–Kier alpha value is -1.43. The Morgan fingerprint density at radius 3 is 3.10 bits per heavy atom. The van der Waals surface area contributed by atoms with Crippen LogP contribution >= 0.6 is 12.4 Å². The molecule has 1 aliphatic rings. The molecule has 0 aliphatic carbocycles. The van der Waals surface area contributed by atoms with Crippen molar-refractivity contribution < 1.29 is 4.52 Å². The van der Waals surface area contributed by atoms with Gasteiger partial charge in [0.05, 0.1) is 12.2 Å². The van der Waals surface area contributed by atoms with E-state index in [9.17, 15) is 0 Å². The largest absolute Gasteiger partial charge is 0.360 e. The van der Waals surface area contributed by atoms with Crippen LogP contribution in [0.3, 0.4) is 0 Å². The van der Waals surface area contributed by atoms with Crippen molar-refractivity contribution in [3.05, 3.63) is 47.6 Å². The topological polar surface area (TPSA) is 54.2 Å². The van der Waals surface area contributed by atoms with Crippen LogP contribution in [0.25, 0.3) is 0 Å². The Kier molecular flexibility index (Phi) is 5.11. The lowest BCUT2D eigenvalue weighted by atomic mass is 10.1. The van der Waals surface area contributed by atoms with E-state index in [1.807, 2.05) is 31.5 Å². The highest BCUT2D eigenvalue weighted by atomic mass is 35.5. The number of halogens is 1. The Balaban J connectivity index is 0.00000147. The van der Waals surface area contributed by atoms with E-state index in [-0.39, 0.29) is 12.4 Å². The molecule has 1 N–H and O–H groups in total. The summed E-state index contributed by atoms with van der Waals surface area (Å²) in [5, 5.41) is 7.39. The maximum absolute atomic E-state index is 5.32. The third-order valence-electron chi connectivity index (χ3n) is 3.46. The number of pyridine rings is 1. The van der Waals surface area contributed by atoms with Crippen LogP contribution in [-0.2, 0) is 6.54 Å². The molecule has 1 saturated heterocycles. The lowest BCUT2D eigenvalue weighted by molar-refractivity contribution is 0.138. The Morgan fingerprint density at radius 1 is 1.50 bits per heavy atom. The summed E-state index contributed by atoms with van der Waals surface area (Å²) in [7, 11) is 0. The van der Waals surface area contributed by atoms with Gasteiger partial charge in [0.25, 0.3) is 0 Å². The minimum atomic E-state index is 0. The van der Waals surface area contributed by atoms with E-state index in [2.05, 4.69) is 26.4 Å². The Morgan fingerprint density at radius 2 is 2.40 bits per heavy atom. The smallest absolute Gasteiger partial charge is 0.150 e.